The van der Waals surface area contributed by atoms with Crippen LogP contribution >= 0.6 is 11.6 Å². The number of amides is 1. The molecule has 0 aliphatic rings. The lowest BCUT2D eigenvalue weighted by Crippen LogP contribution is -2.35. The lowest BCUT2D eigenvalue weighted by atomic mass is 10.1. The van der Waals surface area contributed by atoms with E-state index in [2.05, 4.69) is 4.98 Å². The number of pyridine rings is 1. The zero-order valence-electron chi connectivity index (χ0n) is 17.6. The van der Waals surface area contributed by atoms with Gasteiger partial charge in [-0.3, -0.25) is 4.79 Å². The molecule has 6 heteroatoms. The van der Waals surface area contributed by atoms with Gasteiger partial charge in [-0.15, -0.1) is 0 Å². The molecule has 1 aromatic heterocycles. The minimum atomic E-state index is -0.603. The van der Waals surface area contributed by atoms with Gasteiger partial charge in [-0.1, -0.05) is 35.9 Å². The standard InChI is InChI=1S/C24H25ClN2O3/c1-5-29-23-14-17(7-13-22(23)30-16(2)24(28)27(3)4)6-11-20-12-9-18-8-10-19(25)15-21(18)26-20/h6-16H,5H2,1-4H3/b11-6+. The molecule has 0 aliphatic heterocycles. The molecule has 0 spiro atoms. The van der Waals surface area contributed by atoms with Crippen LogP contribution in [-0.2, 0) is 4.79 Å². The van der Waals surface area contributed by atoms with E-state index >= 15 is 0 Å². The molecule has 0 N–H and O–H groups in total. The average molecular weight is 425 g/mol. The van der Waals surface area contributed by atoms with Gasteiger partial charge in [0.15, 0.2) is 17.6 Å². The number of carbonyl (C=O) groups is 1. The predicted octanol–water partition coefficient (Wildman–Crippen LogP) is 5.31. The Hall–Kier alpha value is -3.05. The maximum absolute atomic E-state index is 12.1. The van der Waals surface area contributed by atoms with Crippen LogP contribution in [0.25, 0.3) is 23.1 Å². The molecule has 1 unspecified atom stereocenters. The molecule has 2 aromatic carbocycles. The van der Waals surface area contributed by atoms with Gasteiger partial charge >= 0.3 is 0 Å². The molecule has 0 radical (unpaired) electrons. The summed E-state index contributed by atoms with van der Waals surface area (Å²) in [6.45, 7) is 4.13. The summed E-state index contributed by atoms with van der Waals surface area (Å²) in [5, 5.41) is 1.70. The van der Waals surface area contributed by atoms with Crippen LogP contribution in [0.4, 0.5) is 0 Å². The van der Waals surface area contributed by atoms with Gasteiger partial charge in [0.2, 0.25) is 0 Å². The highest BCUT2D eigenvalue weighted by Crippen LogP contribution is 2.30. The highest BCUT2D eigenvalue weighted by atomic mass is 35.5. The third-order valence-corrected chi connectivity index (χ3v) is 4.72. The number of halogens is 1. The molecule has 1 heterocycles. The third-order valence-electron chi connectivity index (χ3n) is 4.48. The van der Waals surface area contributed by atoms with E-state index in [4.69, 9.17) is 21.1 Å². The first-order valence-corrected chi connectivity index (χ1v) is 10.1. The van der Waals surface area contributed by atoms with Gasteiger partial charge in [0.25, 0.3) is 5.91 Å². The molecule has 30 heavy (non-hydrogen) atoms. The number of benzene rings is 2. The smallest absolute Gasteiger partial charge is 0.262 e. The van der Waals surface area contributed by atoms with Crippen molar-refractivity contribution in [3.8, 4) is 11.5 Å². The Balaban J connectivity index is 1.82. The van der Waals surface area contributed by atoms with Crippen molar-refractivity contribution in [3.63, 3.8) is 0 Å². The van der Waals surface area contributed by atoms with E-state index in [0.29, 0.717) is 23.1 Å². The molecule has 0 fully saturated rings. The quantitative estimate of drug-likeness (QED) is 0.515. The van der Waals surface area contributed by atoms with Crippen molar-refractivity contribution in [3.05, 3.63) is 64.8 Å². The molecule has 156 valence electrons. The Morgan fingerprint density at radius 3 is 2.60 bits per heavy atom. The summed E-state index contributed by atoms with van der Waals surface area (Å²) >= 11 is 6.07. The van der Waals surface area contributed by atoms with E-state index in [0.717, 1.165) is 22.2 Å². The zero-order valence-corrected chi connectivity index (χ0v) is 18.3. The number of hydrogen-bond acceptors (Lipinski definition) is 4. The monoisotopic (exact) mass is 424 g/mol. The second-order valence-corrected chi connectivity index (χ2v) is 7.47. The van der Waals surface area contributed by atoms with Crippen LogP contribution in [0, 0.1) is 0 Å². The first-order valence-electron chi connectivity index (χ1n) is 9.76. The molecular formula is C24H25ClN2O3. The molecule has 3 aromatic rings. The fourth-order valence-electron chi connectivity index (χ4n) is 2.98. The number of rotatable bonds is 7. The van der Waals surface area contributed by atoms with Crippen molar-refractivity contribution in [1.82, 2.24) is 9.88 Å². The first kappa shape index (κ1) is 21.7. The summed E-state index contributed by atoms with van der Waals surface area (Å²) in [7, 11) is 3.41. The van der Waals surface area contributed by atoms with Crippen LogP contribution in [0.15, 0.2) is 48.5 Å². The van der Waals surface area contributed by atoms with Crippen molar-refractivity contribution in [1.29, 1.82) is 0 Å². The summed E-state index contributed by atoms with van der Waals surface area (Å²) in [6.07, 6.45) is 3.29. The van der Waals surface area contributed by atoms with Crippen molar-refractivity contribution in [2.45, 2.75) is 20.0 Å². The largest absolute Gasteiger partial charge is 0.490 e. The normalized spacial score (nSPS) is 12.2. The number of hydrogen-bond donors (Lipinski definition) is 0. The minimum Gasteiger partial charge on any atom is -0.490 e. The van der Waals surface area contributed by atoms with Gasteiger partial charge in [-0.05, 0) is 55.8 Å². The molecule has 1 amide bonds. The van der Waals surface area contributed by atoms with Gasteiger partial charge in [-0.25, -0.2) is 4.98 Å². The van der Waals surface area contributed by atoms with Gasteiger partial charge < -0.3 is 14.4 Å². The zero-order chi connectivity index (χ0) is 21.7. The van der Waals surface area contributed by atoms with Crippen LogP contribution in [0.3, 0.4) is 0 Å². The Morgan fingerprint density at radius 2 is 1.87 bits per heavy atom. The molecule has 1 atom stereocenters. The summed E-state index contributed by atoms with van der Waals surface area (Å²) < 4.78 is 11.6. The summed E-state index contributed by atoms with van der Waals surface area (Å²) in [5.41, 5.74) is 2.61. The lowest BCUT2D eigenvalue weighted by molar-refractivity contribution is -0.135. The molecule has 0 aliphatic carbocycles. The van der Waals surface area contributed by atoms with Crippen molar-refractivity contribution in [2.75, 3.05) is 20.7 Å². The Bertz CT molecular complexity index is 1080. The number of nitrogens with zero attached hydrogens (tertiary/aromatic N) is 2. The van der Waals surface area contributed by atoms with E-state index in [-0.39, 0.29) is 5.91 Å². The van der Waals surface area contributed by atoms with E-state index in [1.807, 2.05) is 67.6 Å². The molecule has 5 nitrogen and oxygen atoms in total. The van der Waals surface area contributed by atoms with Crippen LogP contribution in [0.2, 0.25) is 5.02 Å². The molecule has 3 rings (SSSR count). The van der Waals surface area contributed by atoms with Gasteiger partial charge in [0.1, 0.15) is 0 Å². The lowest BCUT2D eigenvalue weighted by Gasteiger charge is -2.20. The average Bonchev–Trinajstić information content (AvgIpc) is 2.72. The minimum absolute atomic E-state index is 0.107. The summed E-state index contributed by atoms with van der Waals surface area (Å²) in [4.78, 5) is 18.2. The van der Waals surface area contributed by atoms with E-state index in [1.165, 1.54) is 4.90 Å². The van der Waals surface area contributed by atoms with Crippen LogP contribution in [-0.4, -0.2) is 42.6 Å². The van der Waals surface area contributed by atoms with E-state index < -0.39 is 6.10 Å². The third kappa shape index (κ3) is 5.30. The maximum atomic E-state index is 12.1. The number of carbonyl (C=O) groups excluding carboxylic acids is 1. The van der Waals surface area contributed by atoms with E-state index in [9.17, 15) is 4.79 Å². The molecule has 0 saturated heterocycles. The number of aromatic nitrogens is 1. The SMILES string of the molecule is CCOc1cc(/C=C/c2ccc3ccc(Cl)cc3n2)ccc1OC(C)C(=O)N(C)C. The highest BCUT2D eigenvalue weighted by Gasteiger charge is 2.18. The van der Waals surface area contributed by atoms with Crippen LogP contribution < -0.4 is 9.47 Å². The topological polar surface area (TPSA) is 51.7 Å². The van der Waals surface area contributed by atoms with Gasteiger partial charge in [-0.2, -0.15) is 0 Å². The maximum Gasteiger partial charge on any atom is 0.262 e. The fourth-order valence-corrected chi connectivity index (χ4v) is 3.15. The molecule has 0 saturated carbocycles. The second-order valence-electron chi connectivity index (χ2n) is 7.04. The fraction of sp³-hybridized carbons (Fsp3) is 0.250. The van der Waals surface area contributed by atoms with Crippen molar-refractivity contribution >= 4 is 40.6 Å². The van der Waals surface area contributed by atoms with Gasteiger partial charge in [0.05, 0.1) is 17.8 Å². The second kappa shape index (κ2) is 9.63. The number of likely N-dealkylation sites (N-methyl/N-ethyl adjacent to an activating group) is 1. The number of fused-ring (bicyclic) bond motifs is 1. The Kier molecular flexibility index (Phi) is 6.95. The van der Waals surface area contributed by atoms with Crippen LogP contribution in [0.5, 0.6) is 11.5 Å². The Labute approximate surface area is 181 Å². The molecular weight excluding hydrogens is 400 g/mol. The van der Waals surface area contributed by atoms with Crippen molar-refractivity contribution < 1.29 is 14.3 Å². The predicted molar refractivity (Wildman–Crippen MR) is 122 cm³/mol. The highest BCUT2D eigenvalue weighted by molar-refractivity contribution is 6.31. The summed E-state index contributed by atoms with van der Waals surface area (Å²) in [6, 6.07) is 15.3. The Morgan fingerprint density at radius 1 is 1.10 bits per heavy atom. The van der Waals surface area contributed by atoms with Crippen LogP contribution in [0.1, 0.15) is 25.1 Å². The first-order chi connectivity index (χ1) is 14.4. The van der Waals surface area contributed by atoms with Gasteiger partial charge in [0, 0.05) is 24.5 Å². The summed E-state index contributed by atoms with van der Waals surface area (Å²) in [5.74, 6) is 1.02. The number of ether oxygens (including phenoxy) is 2. The van der Waals surface area contributed by atoms with E-state index in [1.54, 1.807) is 21.0 Å². The molecule has 0 bridgehead atoms. The van der Waals surface area contributed by atoms with Crippen molar-refractivity contribution in [2.24, 2.45) is 0 Å².